The smallest absolute Gasteiger partial charge is 0.249 e. The largest absolute Gasteiger partial charge is 0.508 e. The summed E-state index contributed by atoms with van der Waals surface area (Å²) in [6, 6.07) is 12.3. The van der Waals surface area contributed by atoms with Gasteiger partial charge in [-0.2, -0.15) is 0 Å². The quantitative estimate of drug-likeness (QED) is 0.319. The van der Waals surface area contributed by atoms with Crippen molar-refractivity contribution in [2.45, 2.75) is 20.3 Å². The number of nitrogens with zero attached hydrogens (tertiary/aromatic N) is 4. The summed E-state index contributed by atoms with van der Waals surface area (Å²) in [4.78, 5) is 25.3. The Hall–Kier alpha value is -3.71. The van der Waals surface area contributed by atoms with Gasteiger partial charge in [-0.15, -0.1) is 0 Å². The van der Waals surface area contributed by atoms with E-state index in [0.29, 0.717) is 60.9 Å². The zero-order chi connectivity index (χ0) is 26.3. The van der Waals surface area contributed by atoms with Crippen molar-refractivity contribution in [2.75, 3.05) is 31.1 Å². The van der Waals surface area contributed by atoms with Crippen LogP contribution in [0.5, 0.6) is 5.75 Å². The van der Waals surface area contributed by atoms with Gasteiger partial charge >= 0.3 is 0 Å². The molecule has 0 radical (unpaired) electrons. The maximum Gasteiger partial charge on any atom is 0.249 e. The Morgan fingerprint density at radius 2 is 1.84 bits per heavy atom. The van der Waals surface area contributed by atoms with Gasteiger partial charge in [-0.3, -0.25) is 4.79 Å². The number of hydrogen-bond donors (Lipinski definition) is 1. The molecular weight excluding hydrogens is 491 g/mol. The van der Waals surface area contributed by atoms with Crippen LogP contribution in [0.1, 0.15) is 20.3 Å². The zero-order valence-corrected chi connectivity index (χ0v) is 21.6. The number of amides is 1. The molecule has 1 aliphatic heterocycles. The van der Waals surface area contributed by atoms with Crippen molar-refractivity contribution in [1.29, 1.82) is 0 Å². The standard InChI is InChI=1S/C29H28ClFN4O2/c1-17(2)12-18(3)29(37)35-10-8-34(9-11-35)28-23-15-24(30)25(26(31)27(23)32-16-33-28)22-14-20(36)13-19-6-4-5-7-21(19)22/h4-7,13-17,36H,3,8-12H2,1-2H3. The Kier molecular flexibility index (Phi) is 6.73. The lowest BCUT2D eigenvalue weighted by molar-refractivity contribution is -0.127. The SMILES string of the molecule is C=C(CC(C)C)C(=O)N1CCN(c2ncnc3c(F)c(-c4cc(O)cc5ccccc45)c(Cl)cc23)CC1. The fourth-order valence-corrected chi connectivity index (χ4v) is 5.34. The Bertz CT molecular complexity index is 1530. The highest BCUT2D eigenvalue weighted by molar-refractivity contribution is 6.35. The lowest BCUT2D eigenvalue weighted by atomic mass is 9.96. The van der Waals surface area contributed by atoms with E-state index in [1.54, 1.807) is 12.1 Å². The van der Waals surface area contributed by atoms with E-state index >= 15 is 4.39 Å². The molecule has 0 unspecified atom stereocenters. The molecule has 3 aromatic carbocycles. The lowest BCUT2D eigenvalue weighted by Gasteiger charge is -2.36. The summed E-state index contributed by atoms with van der Waals surface area (Å²) in [6.45, 7) is 10.2. The van der Waals surface area contributed by atoms with Crippen LogP contribution in [-0.4, -0.2) is 52.1 Å². The number of piperazine rings is 1. The summed E-state index contributed by atoms with van der Waals surface area (Å²) in [6.07, 6.45) is 2.02. The van der Waals surface area contributed by atoms with E-state index in [1.165, 1.54) is 12.4 Å². The molecule has 1 saturated heterocycles. The number of phenolic OH excluding ortho intramolecular Hbond substituents is 1. The normalized spacial score (nSPS) is 14.1. The fourth-order valence-electron chi connectivity index (χ4n) is 5.04. The van der Waals surface area contributed by atoms with Crippen LogP contribution < -0.4 is 4.90 Å². The lowest BCUT2D eigenvalue weighted by Crippen LogP contribution is -2.49. The summed E-state index contributed by atoms with van der Waals surface area (Å²) in [5.74, 6) is 0.383. The number of fused-ring (bicyclic) bond motifs is 2. The number of aromatic nitrogens is 2. The van der Waals surface area contributed by atoms with Crippen LogP contribution >= 0.6 is 11.6 Å². The second-order valence-corrected chi connectivity index (χ2v) is 10.2. The first-order valence-corrected chi connectivity index (χ1v) is 12.7. The Morgan fingerprint density at radius 3 is 2.57 bits per heavy atom. The Labute approximate surface area is 220 Å². The summed E-state index contributed by atoms with van der Waals surface area (Å²) < 4.78 is 16.0. The van der Waals surface area contributed by atoms with Gasteiger partial charge in [-0.05, 0) is 46.9 Å². The molecule has 8 heteroatoms. The molecule has 0 aliphatic carbocycles. The Morgan fingerprint density at radius 1 is 1.11 bits per heavy atom. The molecule has 1 aliphatic rings. The molecule has 37 heavy (non-hydrogen) atoms. The molecule has 0 saturated carbocycles. The molecule has 2 heterocycles. The Balaban J connectivity index is 1.49. The van der Waals surface area contributed by atoms with Crippen LogP contribution in [0.25, 0.3) is 32.8 Å². The molecule has 1 aromatic heterocycles. The van der Waals surface area contributed by atoms with E-state index < -0.39 is 5.82 Å². The van der Waals surface area contributed by atoms with E-state index in [-0.39, 0.29) is 27.8 Å². The zero-order valence-electron chi connectivity index (χ0n) is 20.8. The van der Waals surface area contributed by atoms with Gasteiger partial charge in [0.15, 0.2) is 5.82 Å². The molecule has 0 bridgehead atoms. The molecule has 1 amide bonds. The van der Waals surface area contributed by atoms with Crippen molar-refractivity contribution in [2.24, 2.45) is 5.92 Å². The third kappa shape index (κ3) is 4.71. The van der Waals surface area contributed by atoms with E-state index in [9.17, 15) is 9.90 Å². The predicted octanol–water partition coefficient (Wildman–Crippen LogP) is 6.20. The van der Waals surface area contributed by atoms with Crippen LogP contribution in [0.4, 0.5) is 10.2 Å². The first-order valence-electron chi connectivity index (χ1n) is 12.3. The molecule has 6 nitrogen and oxygen atoms in total. The van der Waals surface area contributed by atoms with Gasteiger partial charge in [0.1, 0.15) is 23.4 Å². The van der Waals surface area contributed by atoms with Crippen molar-refractivity contribution in [3.8, 4) is 16.9 Å². The fraction of sp³-hybridized carbons (Fsp3) is 0.276. The highest BCUT2D eigenvalue weighted by Gasteiger charge is 2.26. The van der Waals surface area contributed by atoms with Crippen molar-refractivity contribution in [3.05, 3.63) is 71.8 Å². The molecular formula is C29H28ClFN4O2. The van der Waals surface area contributed by atoms with Gasteiger partial charge in [0.25, 0.3) is 0 Å². The number of carbonyl (C=O) groups excluding carboxylic acids is 1. The summed E-state index contributed by atoms with van der Waals surface area (Å²) in [5, 5.41) is 12.5. The molecule has 0 spiro atoms. The second-order valence-electron chi connectivity index (χ2n) is 9.84. The number of anilines is 1. The number of rotatable bonds is 5. The highest BCUT2D eigenvalue weighted by Crippen LogP contribution is 2.41. The minimum Gasteiger partial charge on any atom is -0.508 e. The van der Waals surface area contributed by atoms with Crippen molar-refractivity contribution >= 4 is 45.0 Å². The molecule has 0 atom stereocenters. The van der Waals surface area contributed by atoms with Gasteiger partial charge in [0.2, 0.25) is 5.91 Å². The van der Waals surface area contributed by atoms with Crippen LogP contribution in [0.15, 0.2) is 60.9 Å². The summed E-state index contributed by atoms with van der Waals surface area (Å²) >= 11 is 6.69. The first kappa shape index (κ1) is 25.0. The van der Waals surface area contributed by atoms with Crippen LogP contribution in [0.3, 0.4) is 0 Å². The van der Waals surface area contributed by atoms with Gasteiger partial charge in [-0.25, -0.2) is 14.4 Å². The van der Waals surface area contributed by atoms with Crippen LogP contribution in [-0.2, 0) is 4.79 Å². The molecule has 1 fully saturated rings. The van der Waals surface area contributed by atoms with E-state index in [4.69, 9.17) is 11.6 Å². The maximum atomic E-state index is 16.0. The summed E-state index contributed by atoms with van der Waals surface area (Å²) in [7, 11) is 0. The minimum absolute atomic E-state index is 0.0158. The van der Waals surface area contributed by atoms with Gasteiger partial charge in [0, 0.05) is 42.7 Å². The van der Waals surface area contributed by atoms with Crippen LogP contribution in [0.2, 0.25) is 5.02 Å². The molecule has 1 N–H and O–H groups in total. The van der Waals surface area contributed by atoms with Gasteiger partial charge in [-0.1, -0.05) is 56.3 Å². The predicted molar refractivity (Wildman–Crippen MR) is 147 cm³/mol. The molecule has 4 aromatic rings. The monoisotopic (exact) mass is 518 g/mol. The maximum absolute atomic E-state index is 16.0. The van der Waals surface area contributed by atoms with Gasteiger partial charge < -0.3 is 14.9 Å². The molecule has 5 rings (SSSR count). The van der Waals surface area contributed by atoms with Crippen molar-refractivity contribution in [1.82, 2.24) is 14.9 Å². The number of benzene rings is 3. The first-order chi connectivity index (χ1) is 17.7. The van der Waals surface area contributed by atoms with Gasteiger partial charge in [0.05, 0.1) is 5.02 Å². The van der Waals surface area contributed by atoms with Crippen molar-refractivity contribution in [3.63, 3.8) is 0 Å². The average Bonchev–Trinajstić information content (AvgIpc) is 2.87. The third-order valence-corrected chi connectivity index (χ3v) is 7.04. The highest BCUT2D eigenvalue weighted by atomic mass is 35.5. The number of hydrogen-bond acceptors (Lipinski definition) is 5. The topological polar surface area (TPSA) is 69.6 Å². The third-order valence-electron chi connectivity index (χ3n) is 6.74. The number of halogens is 2. The number of carbonyl (C=O) groups is 1. The van der Waals surface area contributed by atoms with Crippen molar-refractivity contribution < 1.29 is 14.3 Å². The van der Waals surface area contributed by atoms with E-state index in [1.807, 2.05) is 34.1 Å². The molecule has 190 valence electrons. The number of aromatic hydroxyl groups is 1. The van der Waals surface area contributed by atoms with Crippen LogP contribution in [0, 0.1) is 11.7 Å². The van der Waals surface area contributed by atoms with E-state index in [2.05, 4.69) is 30.4 Å². The van der Waals surface area contributed by atoms with E-state index in [0.717, 1.165) is 10.8 Å². The number of phenols is 1. The average molecular weight is 519 g/mol. The summed E-state index contributed by atoms with van der Waals surface area (Å²) in [5.41, 5.74) is 1.45. The second kappa shape index (κ2) is 9.98. The minimum atomic E-state index is -0.569.